The minimum absolute atomic E-state index is 0.0468. The molecule has 1 aromatic heterocycles. The van der Waals surface area contributed by atoms with Gasteiger partial charge in [0.2, 0.25) is 15.9 Å². The molecule has 0 fully saturated rings. The summed E-state index contributed by atoms with van der Waals surface area (Å²) in [7, 11) is -1.05. The van der Waals surface area contributed by atoms with Gasteiger partial charge in [0.15, 0.2) is 11.5 Å². The molecule has 0 radical (unpaired) electrons. The Balaban J connectivity index is 1.68. The first-order chi connectivity index (χ1) is 15.4. The van der Waals surface area contributed by atoms with Crippen molar-refractivity contribution in [3.63, 3.8) is 0 Å². The number of carbonyl (C=O) groups is 1. The summed E-state index contributed by atoms with van der Waals surface area (Å²) in [6.07, 6.45) is 0.305. The van der Waals surface area contributed by atoms with Gasteiger partial charge in [-0.3, -0.25) is 4.79 Å². The maximum atomic E-state index is 13.7. The molecule has 0 aliphatic carbocycles. The number of rotatable bonds is 7. The molecule has 1 N–H and O–H groups in total. The third-order valence-corrected chi connectivity index (χ3v) is 8.21. The van der Waals surface area contributed by atoms with E-state index in [1.165, 1.54) is 42.0 Å². The molecule has 32 heavy (non-hydrogen) atoms. The van der Waals surface area contributed by atoms with E-state index in [1.807, 2.05) is 41.8 Å². The Morgan fingerprint density at radius 2 is 1.81 bits per heavy atom. The first-order valence-corrected chi connectivity index (χ1v) is 12.4. The summed E-state index contributed by atoms with van der Waals surface area (Å²) in [4.78, 5) is 14.2. The second-order valence-corrected chi connectivity index (χ2v) is 10.3. The fraction of sp³-hybridized carbons (Fsp3) is 0.261. The Morgan fingerprint density at radius 3 is 2.50 bits per heavy atom. The van der Waals surface area contributed by atoms with Crippen LogP contribution in [0.5, 0.6) is 11.5 Å². The number of sulfonamides is 1. The molecule has 2 aromatic carbocycles. The molecule has 4 rings (SSSR count). The molecule has 0 spiro atoms. The molecule has 1 amide bonds. The van der Waals surface area contributed by atoms with E-state index in [9.17, 15) is 13.2 Å². The molecule has 168 valence electrons. The summed E-state index contributed by atoms with van der Waals surface area (Å²) < 4.78 is 39.1. The normalized spacial score (nSPS) is 16.2. The summed E-state index contributed by atoms with van der Waals surface area (Å²) in [5.41, 5.74) is 1.86. The van der Waals surface area contributed by atoms with Gasteiger partial charge in [-0.25, -0.2) is 8.42 Å². The molecule has 1 aliphatic rings. The summed E-state index contributed by atoms with van der Waals surface area (Å²) >= 11 is 1.54. The van der Waals surface area contributed by atoms with Crippen molar-refractivity contribution in [2.24, 2.45) is 0 Å². The lowest BCUT2D eigenvalue weighted by atomic mass is 9.95. The van der Waals surface area contributed by atoms with E-state index in [-0.39, 0.29) is 17.3 Å². The zero-order valence-corrected chi connectivity index (χ0v) is 19.4. The maximum absolute atomic E-state index is 13.7. The van der Waals surface area contributed by atoms with E-state index in [2.05, 4.69) is 5.32 Å². The van der Waals surface area contributed by atoms with Gasteiger partial charge in [-0.05, 0) is 41.1 Å². The van der Waals surface area contributed by atoms with Crippen molar-refractivity contribution >= 4 is 27.3 Å². The van der Waals surface area contributed by atoms with Gasteiger partial charge in [-0.1, -0.05) is 30.3 Å². The minimum Gasteiger partial charge on any atom is -0.493 e. The highest BCUT2D eigenvalue weighted by Gasteiger charge is 2.39. The first kappa shape index (κ1) is 22.3. The van der Waals surface area contributed by atoms with Crippen LogP contribution in [-0.4, -0.2) is 38.9 Å². The average molecular weight is 473 g/mol. The number of nitrogens with zero attached hydrogens (tertiary/aromatic N) is 1. The van der Waals surface area contributed by atoms with Crippen molar-refractivity contribution in [3.05, 3.63) is 76.0 Å². The van der Waals surface area contributed by atoms with Crippen molar-refractivity contribution in [1.82, 2.24) is 9.62 Å². The Morgan fingerprint density at radius 1 is 1.06 bits per heavy atom. The van der Waals surface area contributed by atoms with E-state index in [0.29, 0.717) is 24.5 Å². The lowest BCUT2D eigenvalue weighted by Gasteiger charge is -2.35. The number of thiophene rings is 1. The summed E-state index contributed by atoms with van der Waals surface area (Å²) in [6.45, 7) is 0.475. The number of amides is 1. The number of nitrogens with one attached hydrogen (secondary N) is 1. The van der Waals surface area contributed by atoms with Crippen molar-refractivity contribution in [2.75, 3.05) is 14.2 Å². The largest absolute Gasteiger partial charge is 0.493 e. The monoisotopic (exact) mass is 472 g/mol. The van der Waals surface area contributed by atoms with Crippen LogP contribution in [-0.2, 0) is 34.3 Å². The van der Waals surface area contributed by atoms with Crippen LogP contribution in [0.1, 0.15) is 16.0 Å². The Hall–Kier alpha value is -2.88. The molecular weight excluding hydrogens is 448 g/mol. The molecule has 1 unspecified atom stereocenters. The SMILES string of the molecule is COc1ccc(S(=O)(=O)N2Cc3ccccc3CC2C(=O)NCc2cccs2)cc1OC. The molecule has 0 saturated carbocycles. The Kier molecular flexibility index (Phi) is 6.50. The molecule has 2 heterocycles. The Bertz CT molecular complexity index is 1210. The summed E-state index contributed by atoms with van der Waals surface area (Å²) in [6, 6.07) is 15.0. The molecule has 9 heteroatoms. The predicted octanol–water partition coefficient (Wildman–Crippen LogP) is 3.20. The molecule has 1 atom stereocenters. The van der Waals surface area contributed by atoms with Crippen LogP contribution < -0.4 is 14.8 Å². The van der Waals surface area contributed by atoms with Crippen LogP contribution in [0.3, 0.4) is 0 Å². The van der Waals surface area contributed by atoms with Gasteiger partial charge in [-0.2, -0.15) is 4.31 Å². The predicted molar refractivity (Wildman–Crippen MR) is 122 cm³/mol. The van der Waals surface area contributed by atoms with Crippen LogP contribution in [0.15, 0.2) is 64.9 Å². The van der Waals surface area contributed by atoms with Crippen LogP contribution in [0.25, 0.3) is 0 Å². The fourth-order valence-corrected chi connectivity index (χ4v) is 6.02. The van der Waals surface area contributed by atoms with Gasteiger partial charge in [0, 0.05) is 17.5 Å². The number of hydrogen-bond donors (Lipinski definition) is 1. The highest BCUT2D eigenvalue weighted by molar-refractivity contribution is 7.89. The summed E-state index contributed by atoms with van der Waals surface area (Å²) in [5, 5.41) is 4.84. The number of carbonyl (C=O) groups excluding carboxylic acids is 1. The number of benzene rings is 2. The second kappa shape index (κ2) is 9.32. The Labute approximate surface area is 191 Å². The summed E-state index contributed by atoms with van der Waals surface area (Å²) in [5.74, 6) is 0.419. The van der Waals surface area contributed by atoms with Crippen molar-refractivity contribution in [3.8, 4) is 11.5 Å². The first-order valence-electron chi connectivity index (χ1n) is 10.0. The van der Waals surface area contributed by atoms with Gasteiger partial charge in [0.25, 0.3) is 0 Å². The standard InChI is InChI=1S/C23H24N2O5S2/c1-29-21-10-9-19(13-22(21)30-2)32(27,28)25-15-17-7-4-3-6-16(17)12-20(25)23(26)24-14-18-8-5-11-31-18/h3-11,13,20H,12,14-15H2,1-2H3,(H,24,26). The fourth-order valence-electron chi connectivity index (χ4n) is 3.79. The van der Waals surface area contributed by atoms with Gasteiger partial charge in [0.05, 0.1) is 25.7 Å². The molecule has 7 nitrogen and oxygen atoms in total. The highest BCUT2D eigenvalue weighted by atomic mass is 32.2. The third kappa shape index (κ3) is 4.36. The van der Waals surface area contributed by atoms with E-state index in [4.69, 9.17) is 9.47 Å². The van der Waals surface area contributed by atoms with Crippen LogP contribution >= 0.6 is 11.3 Å². The number of fused-ring (bicyclic) bond motifs is 1. The van der Waals surface area contributed by atoms with Crippen LogP contribution in [0.4, 0.5) is 0 Å². The van der Waals surface area contributed by atoms with Crippen molar-refractivity contribution in [2.45, 2.75) is 30.4 Å². The second-order valence-electron chi connectivity index (χ2n) is 7.35. The number of methoxy groups -OCH3 is 2. The topological polar surface area (TPSA) is 84.9 Å². The van der Waals surface area contributed by atoms with E-state index in [1.54, 1.807) is 6.07 Å². The zero-order chi connectivity index (χ0) is 22.7. The molecule has 3 aromatic rings. The molecule has 0 bridgehead atoms. The van der Waals surface area contributed by atoms with Gasteiger partial charge < -0.3 is 14.8 Å². The third-order valence-electron chi connectivity index (χ3n) is 5.49. The van der Waals surface area contributed by atoms with Crippen LogP contribution in [0.2, 0.25) is 0 Å². The lowest BCUT2D eigenvalue weighted by molar-refractivity contribution is -0.125. The van der Waals surface area contributed by atoms with E-state index >= 15 is 0 Å². The lowest BCUT2D eigenvalue weighted by Crippen LogP contribution is -2.52. The van der Waals surface area contributed by atoms with Crippen LogP contribution in [0, 0.1) is 0 Å². The smallest absolute Gasteiger partial charge is 0.244 e. The van der Waals surface area contributed by atoms with Crippen molar-refractivity contribution < 1.29 is 22.7 Å². The van der Waals surface area contributed by atoms with Gasteiger partial charge in [-0.15, -0.1) is 11.3 Å². The quantitative estimate of drug-likeness (QED) is 0.571. The average Bonchev–Trinajstić information content (AvgIpc) is 3.34. The number of hydrogen-bond acceptors (Lipinski definition) is 6. The number of ether oxygens (including phenoxy) is 2. The highest BCUT2D eigenvalue weighted by Crippen LogP contribution is 2.34. The van der Waals surface area contributed by atoms with Gasteiger partial charge in [0.1, 0.15) is 6.04 Å². The molecule has 0 saturated heterocycles. The maximum Gasteiger partial charge on any atom is 0.244 e. The van der Waals surface area contributed by atoms with E-state index < -0.39 is 16.1 Å². The zero-order valence-electron chi connectivity index (χ0n) is 17.8. The molecule has 1 aliphatic heterocycles. The van der Waals surface area contributed by atoms with E-state index in [0.717, 1.165) is 16.0 Å². The molecular formula is C23H24N2O5S2. The minimum atomic E-state index is -3.99. The van der Waals surface area contributed by atoms with Gasteiger partial charge >= 0.3 is 0 Å². The van der Waals surface area contributed by atoms with Crippen molar-refractivity contribution in [1.29, 1.82) is 0 Å².